The highest BCUT2D eigenvalue weighted by Crippen LogP contribution is 2.36. The van der Waals surface area contributed by atoms with Crippen LogP contribution in [0.1, 0.15) is 16.9 Å². The highest BCUT2D eigenvalue weighted by Gasteiger charge is 2.24. The maximum absolute atomic E-state index is 11.9. The highest BCUT2D eigenvalue weighted by atomic mass is 16.6. The van der Waals surface area contributed by atoms with Gasteiger partial charge in [-0.15, -0.1) is 0 Å². The van der Waals surface area contributed by atoms with E-state index in [9.17, 15) is 4.79 Å². The Morgan fingerprint density at radius 3 is 2.24 bits per heavy atom. The van der Waals surface area contributed by atoms with Crippen LogP contribution >= 0.6 is 0 Å². The zero-order valence-corrected chi connectivity index (χ0v) is 13.5. The first-order valence-electron chi connectivity index (χ1n) is 7.84. The molecule has 0 saturated carbocycles. The number of hydrogen-bond acceptors (Lipinski definition) is 5. The summed E-state index contributed by atoms with van der Waals surface area (Å²) in [7, 11) is 0. The van der Waals surface area contributed by atoms with E-state index in [4.69, 9.17) is 9.36 Å². The topological polar surface area (TPSA) is 76.7 Å². The Balaban J connectivity index is 1.51. The molecule has 1 N–H and O–H groups in total. The molecule has 1 heterocycles. The Morgan fingerprint density at radius 1 is 1.08 bits per heavy atom. The number of aromatic nitrogens is 1. The fourth-order valence-electron chi connectivity index (χ4n) is 2.85. The molecule has 1 aromatic heterocycles. The number of benzene rings is 2. The van der Waals surface area contributed by atoms with Crippen molar-refractivity contribution in [1.82, 2.24) is 5.16 Å². The Kier molecular flexibility index (Phi) is 3.78. The highest BCUT2D eigenvalue weighted by molar-refractivity contribution is 6.24. The van der Waals surface area contributed by atoms with Crippen molar-refractivity contribution < 1.29 is 14.2 Å². The molecule has 6 nitrogen and oxygen atoms in total. The second-order valence-corrected chi connectivity index (χ2v) is 5.68. The number of amides is 1. The molecule has 25 heavy (non-hydrogen) atoms. The molecule has 0 fully saturated rings. The van der Waals surface area contributed by atoms with Crippen molar-refractivity contribution in [1.29, 1.82) is 0 Å². The predicted octanol–water partition coefficient (Wildman–Crippen LogP) is 3.37. The molecule has 0 saturated heterocycles. The van der Waals surface area contributed by atoms with Crippen LogP contribution in [0.2, 0.25) is 0 Å². The van der Waals surface area contributed by atoms with Gasteiger partial charge in [0.05, 0.1) is 0 Å². The minimum absolute atomic E-state index is 0.209. The maximum atomic E-state index is 11.9. The fourth-order valence-corrected chi connectivity index (χ4v) is 2.85. The SMILES string of the molecule is Cc1cc(NC(=O)CON=C2c3ccccc3-c3ccccc32)no1. The van der Waals surface area contributed by atoms with Gasteiger partial charge < -0.3 is 14.7 Å². The summed E-state index contributed by atoms with van der Waals surface area (Å²) in [5.41, 5.74) is 4.95. The summed E-state index contributed by atoms with van der Waals surface area (Å²) >= 11 is 0. The largest absolute Gasteiger partial charge is 0.385 e. The minimum atomic E-state index is -0.350. The van der Waals surface area contributed by atoms with E-state index in [1.54, 1.807) is 13.0 Å². The van der Waals surface area contributed by atoms with E-state index in [1.807, 2.05) is 36.4 Å². The number of nitrogens with one attached hydrogen (secondary N) is 1. The van der Waals surface area contributed by atoms with E-state index in [0.717, 1.165) is 28.0 Å². The Hall–Kier alpha value is -3.41. The molecular formula is C19H15N3O3. The van der Waals surface area contributed by atoms with Crippen molar-refractivity contribution in [3.8, 4) is 11.1 Å². The van der Waals surface area contributed by atoms with Crippen molar-refractivity contribution in [3.63, 3.8) is 0 Å². The first-order chi connectivity index (χ1) is 12.2. The van der Waals surface area contributed by atoms with Gasteiger partial charge in [0.15, 0.2) is 12.4 Å². The molecule has 1 amide bonds. The Labute approximate surface area is 144 Å². The third kappa shape index (κ3) is 2.89. The number of carbonyl (C=O) groups is 1. The van der Waals surface area contributed by atoms with Gasteiger partial charge in [-0.25, -0.2) is 0 Å². The molecule has 4 rings (SSSR count). The first kappa shape index (κ1) is 15.1. The summed E-state index contributed by atoms with van der Waals surface area (Å²) in [6.07, 6.45) is 0. The van der Waals surface area contributed by atoms with Gasteiger partial charge in [0.1, 0.15) is 11.5 Å². The molecule has 3 aromatic rings. The quantitative estimate of drug-likeness (QED) is 0.581. The van der Waals surface area contributed by atoms with Crippen LogP contribution in [0.3, 0.4) is 0 Å². The van der Waals surface area contributed by atoms with Gasteiger partial charge in [0.25, 0.3) is 5.91 Å². The zero-order chi connectivity index (χ0) is 17.2. The van der Waals surface area contributed by atoms with Crippen molar-refractivity contribution in [3.05, 3.63) is 71.5 Å². The standard InChI is InChI=1S/C19H15N3O3/c1-12-10-17(21-25-12)20-18(23)11-24-22-19-15-8-4-2-6-13(15)14-7-3-5-9-16(14)19/h2-10H,11H2,1H3,(H,20,21,23). The average molecular weight is 333 g/mol. The van der Waals surface area contributed by atoms with Gasteiger partial charge in [-0.2, -0.15) is 0 Å². The molecule has 1 aliphatic rings. The van der Waals surface area contributed by atoms with Crippen LogP contribution in [0.25, 0.3) is 11.1 Å². The van der Waals surface area contributed by atoms with Gasteiger partial charge in [-0.05, 0) is 18.1 Å². The molecule has 0 bridgehead atoms. The lowest BCUT2D eigenvalue weighted by molar-refractivity contribution is -0.120. The maximum Gasteiger partial charge on any atom is 0.266 e. The Morgan fingerprint density at radius 2 is 1.68 bits per heavy atom. The Bertz CT molecular complexity index is 928. The number of carbonyl (C=O) groups excluding carboxylic acids is 1. The molecule has 1 aliphatic carbocycles. The molecule has 124 valence electrons. The van der Waals surface area contributed by atoms with Crippen LogP contribution in [-0.4, -0.2) is 23.4 Å². The number of rotatable bonds is 4. The van der Waals surface area contributed by atoms with Crippen LogP contribution in [0.4, 0.5) is 5.82 Å². The summed E-state index contributed by atoms with van der Waals surface area (Å²) in [4.78, 5) is 17.2. The normalized spacial score (nSPS) is 11.6. The summed E-state index contributed by atoms with van der Waals surface area (Å²) in [5.74, 6) is 0.628. The number of nitrogens with zero attached hydrogens (tertiary/aromatic N) is 2. The van der Waals surface area contributed by atoms with Crippen LogP contribution in [0, 0.1) is 6.92 Å². The summed E-state index contributed by atoms with van der Waals surface area (Å²) in [6, 6.07) is 17.6. The lowest BCUT2D eigenvalue weighted by Crippen LogP contribution is -2.17. The van der Waals surface area contributed by atoms with Gasteiger partial charge >= 0.3 is 0 Å². The molecule has 6 heteroatoms. The van der Waals surface area contributed by atoms with Crippen LogP contribution < -0.4 is 5.32 Å². The monoisotopic (exact) mass is 333 g/mol. The lowest BCUT2D eigenvalue weighted by atomic mass is 10.1. The zero-order valence-electron chi connectivity index (χ0n) is 13.5. The molecule has 0 radical (unpaired) electrons. The van der Waals surface area contributed by atoms with E-state index < -0.39 is 0 Å². The van der Waals surface area contributed by atoms with E-state index >= 15 is 0 Å². The molecule has 0 aliphatic heterocycles. The second-order valence-electron chi connectivity index (χ2n) is 5.68. The van der Waals surface area contributed by atoms with E-state index in [2.05, 4.69) is 27.8 Å². The lowest BCUT2D eigenvalue weighted by Gasteiger charge is -2.03. The van der Waals surface area contributed by atoms with Crippen molar-refractivity contribution in [2.75, 3.05) is 11.9 Å². The van der Waals surface area contributed by atoms with Gasteiger partial charge in [0, 0.05) is 17.2 Å². The smallest absolute Gasteiger partial charge is 0.266 e. The number of hydrogen-bond donors (Lipinski definition) is 1. The fraction of sp³-hybridized carbons (Fsp3) is 0.105. The summed E-state index contributed by atoms with van der Waals surface area (Å²) < 4.78 is 4.90. The molecule has 2 aromatic carbocycles. The van der Waals surface area contributed by atoms with Crippen molar-refractivity contribution in [2.24, 2.45) is 5.16 Å². The predicted molar refractivity (Wildman–Crippen MR) is 93.3 cm³/mol. The number of anilines is 1. The van der Waals surface area contributed by atoms with Crippen LogP contribution in [0.5, 0.6) is 0 Å². The summed E-state index contributed by atoms with van der Waals surface area (Å²) in [5, 5.41) is 10.5. The first-order valence-corrected chi connectivity index (χ1v) is 7.84. The summed E-state index contributed by atoms with van der Waals surface area (Å²) in [6.45, 7) is 1.54. The molecule has 0 spiro atoms. The number of fused-ring (bicyclic) bond motifs is 3. The van der Waals surface area contributed by atoms with Crippen molar-refractivity contribution in [2.45, 2.75) is 6.92 Å². The number of aryl methyl sites for hydroxylation is 1. The van der Waals surface area contributed by atoms with Gasteiger partial charge in [-0.1, -0.05) is 58.8 Å². The van der Waals surface area contributed by atoms with Gasteiger partial charge in [-0.3, -0.25) is 4.79 Å². The molecular weight excluding hydrogens is 318 g/mol. The second kappa shape index (κ2) is 6.24. The van der Waals surface area contributed by atoms with Crippen LogP contribution in [-0.2, 0) is 9.63 Å². The minimum Gasteiger partial charge on any atom is -0.385 e. The number of oxime groups is 1. The molecule has 0 unspecified atom stereocenters. The van der Waals surface area contributed by atoms with E-state index in [1.165, 1.54) is 0 Å². The van der Waals surface area contributed by atoms with Crippen LogP contribution in [0.15, 0.2) is 64.3 Å². The molecule has 0 atom stereocenters. The van der Waals surface area contributed by atoms with E-state index in [-0.39, 0.29) is 12.5 Å². The third-order valence-corrected chi connectivity index (χ3v) is 3.90. The average Bonchev–Trinajstić information content (AvgIpc) is 3.17. The van der Waals surface area contributed by atoms with Gasteiger partial charge in [0.2, 0.25) is 0 Å². The third-order valence-electron chi connectivity index (χ3n) is 3.90. The van der Waals surface area contributed by atoms with Crippen molar-refractivity contribution >= 4 is 17.4 Å². The van der Waals surface area contributed by atoms with E-state index in [0.29, 0.717) is 11.6 Å².